The second-order valence-corrected chi connectivity index (χ2v) is 7.78. The smallest absolute Gasteiger partial charge is 0.282 e. The van der Waals surface area contributed by atoms with Crippen molar-refractivity contribution in [1.29, 1.82) is 0 Å². The largest absolute Gasteiger partial charge is 0.493 e. The summed E-state index contributed by atoms with van der Waals surface area (Å²) >= 11 is 1.37. The van der Waals surface area contributed by atoms with Gasteiger partial charge >= 0.3 is 0 Å². The van der Waals surface area contributed by atoms with E-state index in [1.165, 1.54) is 11.3 Å². The van der Waals surface area contributed by atoms with Gasteiger partial charge in [-0.3, -0.25) is 4.79 Å². The fraction of sp³-hybridized carbons (Fsp3) is 0.263. The number of anilines is 2. The predicted octanol–water partition coefficient (Wildman–Crippen LogP) is 3.94. The van der Waals surface area contributed by atoms with Crippen molar-refractivity contribution >= 4 is 38.3 Å². The summed E-state index contributed by atoms with van der Waals surface area (Å²) in [5.41, 5.74) is 2.91. The zero-order valence-corrected chi connectivity index (χ0v) is 15.0. The van der Waals surface area contributed by atoms with Crippen LogP contribution < -0.4 is 15.0 Å². The molecule has 0 saturated carbocycles. The number of alkyl halides is 2. The fourth-order valence-electron chi connectivity index (χ4n) is 3.31. The highest BCUT2D eigenvalue weighted by Gasteiger charge is 2.45. The molecular formula is C19H15F2N3O2S. The summed E-state index contributed by atoms with van der Waals surface area (Å²) < 4.78 is 32.5. The summed E-state index contributed by atoms with van der Waals surface area (Å²) in [5.74, 6) is -2.00. The number of hydrogen-bond donors (Lipinski definition) is 1. The Bertz CT molecular complexity index is 1060. The van der Waals surface area contributed by atoms with Crippen molar-refractivity contribution in [3.05, 3.63) is 47.5 Å². The van der Waals surface area contributed by atoms with Crippen molar-refractivity contribution in [3.8, 4) is 5.75 Å². The lowest BCUT2D eigenvalue weighted by atomic mass is 10.1. The predicted molar refractivity (Wildman–Crippen MR) is 100 cm³/mol. The molecule has 1 saturated heterocycles. The minimum absolute atomic E-state index is 0.207. The van der Waals surface area contributed by atoms with Crippen molar-refractivity contribution in [3.63, 3.8) is 0 Å². The maximum Gasteiger partial charge on any atom is 0.282 e. The Balaban J connectivity index is 1.35. The summed E-state index contributed by atoms with van der Waals surface area (Å²) in [6.45, 7) is 0.0586. The van der Waals surface area contributed by atoms with Crippen LogP contribution in [0.1, 0.15) is 15.9 Å². The topological polar surface area (TPSA) is 54.5 Å². The molecule has 2 aliphatic heterocycles. The van der Waals surface area contributed by atoms with Gasteiger partial charge in [-0.05, 0) is 42.0 Å². The molecule has 1 amide bonds. The zero-order valence-electron chi connectivity index (χ0n) is 14.2. The molecule has 5 rings (SSSR count). The van der Waals surface area contributed by atoms with Crippen LogP contribution in [0, 0.1) is 0 Å². The van der Waals surface area contributed by atoms with Gasteiger partial charge < -0.3 is 15.0 Å². The van der Waals surface area contributed by atoms with Gasteiger partial charge in [0, 0.05) is 17.7 Å². The van der Waals surface area contributed by atoms with E-state index in [-0.39, 0.29) is 19.0 Å². The van der Waals surface area contributed by atoms with E-state index in [1.54, 1.807) is 23.1 Å². The number of fused-ring (bicyclic) bond motifs is 2. The number of benzene rings is 2. The number of amides is 1. The van der Waals surface area contributed by atoms with Crippen LogP contribution in [0.25, 0.3) is 10.2 Å². The number of carbonyl (C=O) groups is 1. The molecule has 0 spiro atoms. The van der Waals surface area contributed by atoms with Gasteiger partial charge in [0.25, 0.3) is 11.8 Å². The quantitative estimate of drug-likeness (QED) is 0.740. The third-order valence-corrected chi connectivity index (χ3v) is 5.80. The number of halogens is 2. The van der Waals surface area contributed by atoms with Crippen LogP contribution >= 0.6 is 11.3 Å². The van der Waals surface area contributed by atoms with E-state index in [9.17, 15) is 13.6 Å². The van der Waals surface area contributed by atoms with E-state index in [1.807, 2.05) is 18.2 Å². The normalized spacial score (nSPS) is 17.3. The maximum atomic E-state index is 13.1. The highest BCUT2D eigenvalue weighted by Crippen LogP contribution is 2.37. The molecular weight excluding hydrogens is 372 g/mol. The van der Waals surface area contributed by atoms with Crippen LogP contribution in [0.2, 0.25) is 0 Å². The molecule has 138 valence electrons. The van der Waals surface area contributed by atoms with E-state index in [0.29, 0.717) is 28.5 Å². The van der Waals surface area contributed by atoms with Crippen LogP contribution in [0.4, 0.5) is 19.6 Å². The second-order valence-electron chi connectivity index (χ2n) is 6.77. The van der Waals surface area contributed by atoms with Gasteiger partial charge in [-0.1, -0.05) is 11.3 Å². The standard InChI is InChI=1S/C19H15F2N3O2S/c20-19(21)9-24(10-19)18-23-14-8-13(2-4-16(14)27-18)22-17(25)12-1-3-15-11(7-12)5-6-26-15/h1-4,7-8H,5-6,9-10H2,(H,22,25). The SMILES string of the molecule is O=C(Nc1ccc2sc(N3CC(F)(F)C3)nc2c1)c1ccc2c(c1)CCO2. The number of thiazole rings is 1. The second kappa shape index (κ2) is 5.88. The summed E-state index contributed by atoms with van der Waals surface area (Å²) in [6, 6.07) is 10.8. The Hall–Kier alpha value is -2.74. The number of ether oxygens (including phenoxy) is 1. The lowest BCUT2D eigenvalue weighted by molar-refractivity contribution is -0.0262. The highest BCUT2D eigenvalue weighted by molar-refractivity contribution is 7.22. The molecule has 3 aromatic rings. The molecule has 0 aliphatic carbocycles. The summed E-state index contributed by atoms with van der Waals surface area (Å²) in [7, 11) is 0. The van der Waals surface area contributed by atoms with Gasteiger partial charge in [-0.2, -0.15) is 0 Å². The van der Waals surface area contributed by atoms with Crippen molar-refractivity contribution in [2.24, 2.45) is 0 Å². The minimum atomic E-state index is -2.63. The lowest BCUT2D eigenvalue weighted by Gasteiger charge is -2.38. The lowest BCUT2D eigenvalue weighted by Crippen LogP contribution is -2.56. The molecule has 0 unspecified atom stereocenters. The average molecular weight is 387 g/mol. The first-order valence-electron chi connectivity index (χ1n) is 8.57. The molecule has 1 fully saturated rings. The first-order valence-corrected chi connectivity index (χ1v) is 9.39. The number of aromatic nitrogens is 1. The molecule has 8 heteroatoms. The minimum Gasteiger partial charge on any atom is -0.493 e. The van der Waals surface area contributed by atoms with Gasteiger partial charge in [0.2, 0.25) is 0 Å². The van der Waals surface area contributed by atoms with Crippen LogP contribution in [0.3, 0.4) is 0 Å². The Kier molecular flexibility index (Phi) is 3.58. The third-order valence-electron chi connectivity index (χ3n) is 4.70. The van der Waals surface area contributed by atoms with Gasteiger partial charge in [-0.15, -0.1) is 0 Å². The van der Waals surface area contributed by atoms with E-state index in [4.69, 9.17) is 4.74 Å². The number of hydrogen-bond acceptors (Lipinski definition) is 5. The highest BCUT2D eigenvalue weighted by atomic mass is 32.1. The van der Waals surface area contributed by atoms with Crippen molar-refractivity contribution in [2.75, 3.05) is 29.9 Å². The summed E-state index contributed by atoms with van der Waals surface area (Å²) in [4.78, 5) is 18.5. The molecule has 2 aromatic carbocycles. The van der Waals surface area contributed by atoms with E-state index < -0.39 is 5.92 Å². The molecule has 1 N–H and O–H groups in total. The Morgan fingerprint density at radius 2 is 2.07 bits per heavy atom. The van der Waals surface area contributed by atoms with Gasteiger partial charge in [0.05, 0.1) is 29.9 Å². The Labute approximate surface area is 157 Å². The van der Waals surface area contributed by atoms with Crippen molar-refractivity contribution in [1.82, 2.24) is 4.98 Å². The molecule has 0 bridgehead atoms. The Morgan fingerprint density at radius 1 is 1.22 bits per heavy atom. The number of rotatable bonds is 3. The zero-order chi connectivity index (χ0) is 18.6. The molecule has 3 heterocycles. The van der Waals surface area contributed by atoms with Crippen molar-refractivity contribution in [2.45, 2.75) is 12.3 Å². The van der Waals surface area contributed by atoms with Crippen LogP contribution in [0.5, 0.6) is 5.75 Å². The van der Waals surface area contributed by atoms with Gasteiger partial charge in [-0.25, -0.2) is 13.8 Å². The summed E-state index contributed by atoms with van der Waals surface area (Å²) in [5, 5.41) is 3.45. The van der Waals surface area contributed by atoms with E-state index >= 15 is 0 Å². The number of carbonyl (C=O) groups excluding carboxylic acids is 1. The van der Waals surface area contributed by atoms with Crippen LogP contribution in [-0.4, -0.2) is 36.5 Å². The number of nitrogens with one attached hydrogen (secondary N) is 1. The maximum absolute atomic E-state index is 13.1. The Morgan fingerprint density at radius 3 is 2.89 bits per heavy atom. The van der Waals surface area contributed by atoms with Gasteiger partial charge in [0.1, 0.15) is 5.75 Å². The van der Waals surface area contributed by atoms with Crippen LogP contribution in [0.15, 0.2) is 36.4 Å². The van der Waals surface area contributed by atoms with E-state index in [0.717, 1.165) is 22.4 Å². The molecule has 27 heavy (non-hydrogen) atoms. The fourth-order valence-corrected chi connectivity index (χ4v) is 4.25. The molecule has 0 radical (unpaired) electrons. The van der Waals surface area contributed by atoms with Crippen molar-refractivity contribution < 1.29 is 18.3 Å². The van der Waals surface area contributed by atoms with Gasteiger partial charge in [0.15, 0.2) is 5.13 Å². The number of nitrogens with zero attached hydrogens (tertiary/aromatic N) is 2. The summed E-state index contributed by atoms with van der Waals surface area (Å²) in [6.07, 6.45) is 0.805. The molecule has 0 atom stereocenters. The molecule has 5 nitrogen and oxygen atoms in total. The average Bonchev–Trinajstić information content (AvgIpc) is 3.24. The molecule has 1 aromatic heterocycles. The molecule has 2 aliphatic rings. The monoisotopic (exact) mass is 387 g/mol. The first kappa shape index (κ1) is 16.4. The first-order chi connectivity index (χ1) is 13.0. The third kappa shape index (κ3) is 2.99. The van der Waals surface area contributed by atoms with E-state index in [2.05, 4.69) is 10.3 Å². The van der Waals surface area contributed by atoms with Crippen LogP contribution in [-0.2, 0) is 6.42 Å².